The molecular weight excluding hydrogens is 398 g/mol. The fraction of sp³-hybridized carbons (Fsp3) is 0.320. The fourth-order valence-corrected chi connectivity index (χ4v) is 3.72. The molecule has 32 heavy (non-hydrogen) atoms. The molecule has 7 heteroatoms. The maximum Gasteiger partial charge on any atom is 0.225 e. The molecular formula is C25H31N7. The van der Waals surface area contributed by atoms with E-state index in [9.17, 15) is 0 Å². The largest absolute Gasteiger partial charge is 0.388 e. The lowest BCUT2D eigenvalue weighted by Crippen LogP contribution is -2.21. The van der Waals surface area contributed by atoms with Crippen LogP contribution in [-0.4, -0.2) is 39.7 Å². The van der Waals surface area contributed by atoms with Gasteiger partial charge < -0.3 is 16.0 Å². The molecule has 0 bridgehead atoms. The highest BCUT2D eigenvalue weighted by molar-refractivity contribution is 5.80. The average Bonchev–Trinajstić information content (AvgIpc) is 3.29. The Bertz CT molecular complexity index is 1110. The summed E-state index contributed by atoms with van der Waals surface area (Å²) in [6.45, 7) is 4.59. The molecule has 166 valence electrons. The molecule has 4 aromatic rings. The van der Waals surface area contributed by atoms with E-state index in [0.29, 0.717) is 5.95 Å². The van der Waals surface area contributed by atoms with E-state index in [1.165, 1.54) is 37.9 Å². The van der Waals surface area contributed by atoms with E-state index in [4.69, 9.17) is 0 Å². The molecule has 0 aliphatic carbocycles. The second-order valence-corrected chi connectivity index (χ2v) is 7.89. The number of aromatic nitrogens is 4. The summed E-state index contributed by atoms with van der Waals surface area (Å²) >= 11 is 0. The molecule has 0 radical (unpaired) electrons. The van der Waals surface area contributed by atoms with E-state index >= 15 is 0 Å². The third kappa shape index (κ3) is 5.42. The van der Waals surface area contributed by atoms with Crippen molar-refractivity contribution >= 4 is 22.7 Å². The summed E-state index contributed by atoms with van der Waals surface area (Å²) in [4.78, 5) is 13.5. The average molecular weight is 430 g/mol. The van der Waals surface area contributed by atoms with E-state index in [1.54, 1.807) is 12.5 Å². The minimum absolute atomic E-state index is 0.115. The van der Waals surface area contributed by atoms with Crippen molar-refractivity contribution in [2.75, 3.05) is 30.8 Å². The van der Waals surface area contributed by atoms with Gasteiger partial charge in [-0.05, 0) is 62.7 Å². The Morgan fingerprint density at radius 1 is 0.969 bits per heavy atom. The molecule has 0 amide bonds. The van der Waals surface area contributed by atoms with Crippen LogP contribution in [0.25, 0.3) is 16.9 Å². The molecule has 3 heterocycles. The SMILES string of the molecule is C1CCNCC1.CNc1ccc2c(c1)ncn2-c1ccnc(N[C@@H](C)c2ccccc2)n1. The summed E-state index contributed by atoms with van der Waals surface area (Å²) in [6.07, 6.45) is 7.76. The second-order valence-electron chi connectivity index (χ2n) is 7.89. The van der Waals surface area contributed by atoms with Crippen LogP contribution in [0.3, 0.4) is 0 Å². The highest BCUT2D eigenvalue weighted by Gasteiger charge is 2.10. The van der Waals surface area contributed by atoms with Crippen molar-refractivity contribution in [3.05, 3.63) is 72.7 Å². The first kappa shape index (κ1) is 21.8. The van der Waals surface area contributed by atoms with Gasteiger partial charge in [0.25, 0.3) is 0 Å². The van der Waals surface area contributed by atoms with Crippen molar-refractivity contribution in [3.63, 3.8) is 0 Å². The number of nitrogens with one attached hydrogen (secondary N) is 3. The number of anilines is 2. The quantitative estimate of drug-likeness (QED) is 0.423. The minimum Gasteiger partial charge on any atom is -0.388 e. The predicted molar refractivity (Wildman–Crippen MR) is 131 cm³/mol. The van der Waals surface area contributed by atoms with Crippen LogP contribution in [0.2, 0.25) is 0 Å². The highest BCUT2D eigenvalue weighted by Crippen LogP contribution is 2.22. The fourth-order valence-electron chi connectivity index (χ4n) is 3.72. The molecule has 0 saturated carbocycles. The van der Waals surface area contributed by atoms with Crippen molar-refractivity contribution in [2.45, 2.75) is 32.2 Å². The summed E-state index contributed by atoms with van der Waals surface area (Å²) in [5.74, 6) is 1.37. The van der Waals surface area contributed by atoms with Crippen LogP contribution in [0, 0.1) is 0 Å². The van der Waals surface area contributed by atoms with Crippen LogP contribution in [0.1, 0.15) is 37.8 Å². The topological polar surface area (TPSA) is 79.7 Å². The lowest BCUT2D eigenvalue weighted by atomic mass is 10.1. The number of piperidine rings is 1. The number of fused-ring (bicyclic) bond motifs is 1. The van der Waals surface area contributed by atoms with Gasteiger partial charge in [-0.25, -0.2) is 9.97 Å². The summed E-state index contributed by atoms with van der Waals surface area (Å²) in [7, 11) is 1.90. The van der Waals surface area contributed by atoms with Gasteiger partial charge in [0, 0.05) is 18.9 Å². The number of benzene rings is 2. The van der Waals surface area contributed by atoms with Gasteiger partial charge in [-0.3, -0.25) is 4.57 Å². The summed E-state index contributed by atoms with van der Waals surface area (Å²) in [5.41, 5.74) is 4.14. The third-order valence-corrected chi connectivity index (χ3v) is 5.58. The van der Waals surface area contributed by atoms with Crippen LogP contribution in [-0.2, 0) is 0 Å². The van der Waals surface area contributed by atoms with Crippen molar-refractivity contribution in [3.8, 4) is 5.82 Å². The Kier molecular flexibility index (Phi) is 7.30. The smallest absolute Gasteiger partial charge is 0.225 e. The van der Waals surface area contributed by atoms with Gasteiger partial charge in [0.2, 0.25) is 5.95 Å². The first-order valence-electron chi connectivity index (χ1n) is 11.2. The van der Waals surface area contributed by atoms with Crippen LogP contribution in [0.5, 0.6) is 0 Å². The zero-order valence-corrected chi connectivity index (χ0v) is 18.8. The molecule has 7 nitrogen and oxygen atoms in total. The Morgan fingerprint density at radius 2 is 1.78 bits per heavy atom. The van der Waals surface area contributed by atoms with Crippen molar-refractivity contribution in [2.24, 2.45) is 0 Å². The Balaban J connectivity index is 0.000000354. The van der Waals surface area contributed by atoms with Crippen LogP contribution in [0.15, 0.2) is 67.1 Å². The lowest BCUT2D eigenvalue weighted by molar-refractivity contribution is 0.520. The maximum absolute atomic E-state index is 4.66. The van der Waals surface area contributed by atoms with E-state index in [-0.39, 0.29) is 6.04 Å². The van der Waals surface area contributed by atoms with Crippen molar-refractivity contribution < 1.29 is 0 Å². The van der Waals surface area contributed by atoms with Crippen LogP contribution >= 0.6 is 0 Å². The molecule has 5 rings (SSSR count). The number of nitrogens with zero attached hydrogens (tertiary/aromatic N) is 4. The zero-order valence-electron chi connectivity index (χ0n) is 18.8. The number of hydrogen-bond donors (Lipinski definition) is 3. The third-order valence-electron chi connectivity index (χ3n) is 5.58. The van der Waals surface area contributed by atoms with Crippen molar-refractivity contribution in [1.29, 1.82) is 0 Å². The Morgan fingerprint density at radius 3 is 2.47 bits per heavy atom. The van der Waals surface area contributed by atoms with Gasteiger partial charge in [-0.2, -0.15) is 4.98 Å². The molecule has 2 aromatic carbocycles. The van der Waals surface area contributed by atoms with Gasteiger partial charge in [0.05, 0.1) is 17.1 Å². The molecule has 2 aromatic heterocycles. The molecule has 0 spiro atoms. The standard InChI is InChI=1S/C20H20N6.C5H11N/c1-14(15-6-4-3-5-7-15)24-20-22-11-10-19(25-20)26-13-23-17-12-16(21-2)8-9-18(17)26;1-2-4-6-5-3-1/h3-14,21H,1-2H3,(H,22,24,25);6H,1-5H2/t14-;/m0./s1. The van der Waals surface area contributed by atoms with Gasteiger partial charge in [0.15, 0.2) is 0 Å². The highest BCUT2D eigenvalue weighted by atomic mass is 15.2. The Labute approximate surface area is 189 Å². The molecule has 3 N–H and O–H groups in total. The summed E-state index contributed by atoms with van der Waals surface area (Å²) < 4.78 is 1.97. The molecule has 0 unspecified atom stereocenters. The van der Waals surface area contributed by atoms with E-state index in [1.807, 2.05) is 54.1 Å². The summed E-state index contributed by atoms with van der Waals surface area (Å²) in [6, 6.07) is 18.3. The predicted octanol–water partition coefficient (Wildman–Crippen LogP) is 4.79. The Hall–Kier alpha value is -3.45. The van der Waals surface area contributed by atoms with Gasteiger partial charge in [-0.15, -0.1) is 0 Å². The van der Waals surface area contributed by atoms with Crippen LogP contribution in [0.4, 0.5) is 11.6 Å². The molecule has 1 aliphatic heterocycles. The second kappa shape index (κ2) is 10.7. The summed E-state index contributed by atoms with van der Waals surface area (Å²) in [5, 5.41) is 9.78. The van der Waals surface area contributed by atoms with E-state index in [2.05, 4.69) is 50.0 Å². The number of imidazole rings is 1. The normalized spacial score (nSPS) is 14.3. The van der Waals surface area contributed by atoms with Crippen LogP contribution < -0.4 is 16.0 Å². The molecule has 1 aliphatic rings. The van der Waals surface area contributed by atoms with Gasteiger partial charge in [0.1, 0.15) is 12.1 Å². The molecule has 1 fully saturated rings. The van der Waals surface area contributed by atoms with E-state index < -0.39 is 0 Å². The number of rotatable bonds is 5. The first-order chi connectivity index (χ1) is 15.7. The molecule has 1 atom stereocenters. The van der Waals surface area contributed by atoms with Gasteiger partial charge >= 0.3 is 0 Å². The monoisotopic (exact) mass is 429 g/mol. The minimum atomic E-state index is 0.115. The first-order valence-corrected chi connectivity index (χ1v) is 11.2. The zero-order chi connectivity index (χ0) is 22.2. The van der Waals surface area contributed by atoms with E-state index in [0.717, 1.165) is 22.5 Å². The van der Waals surface area contributed by atoms with Gasteiger partial charge in [-0.1, -0.05) is 36.8 Å². The van der Waals surface area contributed by atoms with Crippen molar-refractivity contribution in [1.82, 2.24) is 24.8 Å². The lowest BCUT2D eigenvalue weighted by Gasteiger charge is -2.14. The maximum atomic E-state index is 4.66. The number of hydrogen-bond acceptors (Lipinski definition) is 6. The molecule has 1 saturated heterocycles.